The first kappa shape index (κ1) is 15.6. The van der Waals surface area contributed by atoms with E-state index in [0.717, 1.165) is 24.5 Å². The van der Waals surface area contributed by atoms with Crippen molar-refractivity contribution in [2.45, 2.75) is 38.6 Å². The molecule has 116 valence electrons. The second kappa shape index (κ2) is 6.80. The van der Waals surface area contributed by atoms with Gasteiger partial charge < -0.3 is 20.6 Å². The van der Waals surface area contributed by atoms with Crippen molar-refractivity contribution in [1.82, 2.24) is 5.32 Å². The third-order valence-electron chi connectivity index (χ3n) is 4.14. The first-order valence-electron chi connectivity index (χ1n) is 7.62. The highest BCUT2D eigenvalue weighted by atomic mass is 16.3. The van der Waals surface area contributed by atoms with Gasteiger partial charge in [-0.15, -0.1) is 0 Å². The van der Waals surface area contributed by atoms with Crippen molar-refractivity contribution >= 4 is 17.4 Å². The van der Waals surface area contributed by atoms with Crippen molar-refractivity contribution in [3.8, 4) is 0 Å². The Morgan fingerprint density at radius 2 is 2.00 bits per heavy atom. The molecular weight excluding hydrogens is 266 g/mol. The predicted molar refractivity (Wildman–Crippen MR) is 85.8 cm³/mol. The number of nitrogens with one attached hydrogen (secondary N) is 2. The number of anilines is 2. The van der Waals surface area contributed by atoms with Crippen molar-refractivity contribution in [2.24, 2.45) is 0 Å². The van der Waals surface area contributed by atoms with E-state index >= 15 is 0 Å². The van der Waals surface area contributed by atoms with Crippen LogP contribution in [0.4, 0.5) is 16.2 Å². The predicted octanol–water partition coefficient (Wildman–Crippen LogP) is 2.57. The van der Waals surface area contributed by atoms with E-state index in [0.29, 0.717) is 6.42 Å². The molecule has 1 aromatic rings. The van der Waals surface area contributed by atoms with Gasteiger partial charge in [-0.3, -0.25) is 0 Å². The SMILES string of the molecule is CCC(C)(CO)NC(=O)Nc1ccccc1N1CCCC1. The number of rotatable bonds is 5. The molecule has 2 amide bonds. The number of aliphatic hydroxyl groups is 1. The molecule has 1 atom stereocenters. The smallest absolute Gasteiger partial charge is 0.319 e. The van der Waals surface area contributed by atoms with Gasteiger partial charge in [-0.05, 0) is 38.3 Å². The fourth-order valence-electron chi connectivity index (χ4n) is 2.48. The Hall–Kier alpha value is -1.75. The van der Waals surface area contributed by atoms with Gasteiger partial charge >= 0.3 is 6.03 Å². The molecule has 0 saturated carbocycles. The molecule has 0 aromatic heterocycles. The Balaban J connectivity index is 2.07. The molecule has 1 heterocycles. The van der Waals surface area contributed by atoms with Crippen LogP contribution in [0.25, 0.3) is 0 Å². The minimum Gasteiger partial charge on any atom is -0.394 e. The summed E-state index contributed by atoms with van der Waals surface area (Å²) in [7, 11) is 0. The lowest BCUT2D eigenvalue weighted by Crippen LogP contribution is -2.50. The van der Waals surface area contributed by atoms with Crippen LogP contribution in [0.1, 0.15) is 33.1 Å². The maximum atomic E-state index is 12.2. The molecule has 5 nitrogen and oxygen atoms in total. The molecule has 1 fully saturated rings. The summed E-state index contributed by atoms with van der Waals surface area (Å²) in [6.07, 6.45) is 3.06. The van der Waals surface area contributed by atoms with Gasteiger partial charge in [-0.2, -0.15) is 0 Å². The van der Waals surface area contributed by atoms with Gasteiger partial charge in [0.2, 0.25) is 0 Å². The average molecular weight is 291 g/mol. The highest BCUT2D eigenvalue weighted by Crippen LogP contribution is 2.28. The Kier molecular flexibility index (Phi) is 5.07. The van der Waals surface area contributed by atoms with E-state index < -0.39 is 5.54 Å². The summed E-state index contributed by atoms with van der Waals surface area (Å²) in [6, 6.07) is 7.57. The summed E-state index contributed by atoms with van der Waals surface area (Å²) >= 11 is 0. The van der Waals surface area contributed by atoms with Crippen molar-refractivity contribution < 1.29 is 9.90 Å². The Labute approximate surface area is 126 Å². The van der Waals surface area contributed by atoms with Crippen LogP contribution in [0.2, 0.25) is 0 Å². The fourth-order valence-corrected chi connectivity index (χ4v) is 2.48. The van der Waals surface area contributed by atoms with Crippen LogP contribution < -0.4 is 15.5 Å². The molecule has 21 heavy (non-hydrogen) atoms. The van der Waals surface area contributed by atoms with Crippen LogP contribution in [0.5, 0.6) is 0 Å². The van der Waals surface area contributed by atoms with Crippen LogP contribution in [0, 0.1) is 0 Å². The molecule has 0 spiro atoms. The molecule has 1 aromatic carbocycles. The van der Waals surface area contributed by atoms with Crippen molar-refractivity contribution in [1.29, 1.82) is 0 Å². The van der Waals surface area contributed by atoms with Crippen LogP contribution in [-0.2, 0) is 0 Å². The lowest BCUT2D eigenvalue weighted by Gasteiger charge is -2.28. The van der Waals surface area contributed by atoms with Crippen LogP contribution in [-0.4, -0.2) is 36.4 Å². The number of nitrogens with zero attached hydrogens (tertiary/aromatic N) is 1. The van der Waals surface area contributed by atoms with Gasteiger partial charge in [-0.1, -0.05) is 19.1 Å². The van der Waals surface area contributed by atoms with E-state index in [-0.39, 0.29) is 12.6 Å². The van der Waals surface area contributed by atoms with E-state index in [1.54, 1.807) is 0 Å². The number of carbonyl (C=O) groups is 1. The Morgan fingerprint density at radius 3 is 2.62 bits per heavy atom. The first-order valence-corrected chi connectivity index (χ1v) is 7.62. The first-order chi connectivity index (χ1) is 10.1. The summed E-state index contributed by atoms with van der Waals surface area (Å²) in [5.74, 6) is 0. The number of benzene rings is 1. The number of urea groups is 1. The summed E-state index contributed by atoms with van der Waals surface area (Å²) in [6.45, 7) is 5.76. The molecular formula is C16H25N3O2. The summed E-state index contributed by atoms with van der Waals surface area (Å²) in [5, 5.41) is 15.1. The molecule has 2 rings (SSSR count). The molecule has 3 N–H and O–H groups in total. The number of hydrogen-bond donors (Lipinski definition) is 3. The molecule has 0 aliphatic carbocycles. The van der Waals surface area contributed by atoms with E-state index in [9.17, 15) is 9.90 Å². The minimum atomic E-state index is -0.591. The van der Waals surface area contributed by atoms with Crippen molar-refractivity contribution in [3.05, 3.63) is 24.3 Å². The Bertz CT molecular complexity index is 480. The third kappa shape index (κ3) is 3.88. The van der Waals surface area contributed by atoms with Gasteiger partial charge in [0.1, 0.15) is 0 Å². The zero-order valence-corrected chi connectivity index (χ0v) is 12.9. The normalized spacial score (nSPS) is 17.4. The monoisotopic (exact) mass is 291 g/mol. The maximum Gasteiger partial charge on any atom is 0.319 e. The number of aliphatic hydroxyl groups excluding tert-OH is 1. The summed E-state index contributed by atoms with van der Waals surface area (Å²) in [4.78, 5) is 14.5. The van der Waals surface area contributed by atoms with Gasteiger partial charge in [0.15, 0.2) is 0 Å². The van der Waals surface area contributed by atoms with E-state index in [1.165, 1.54) is 12.8 Å². The van der Waals surface area contributed by atoms with E-state index in [1.807, 2.05) is 38.1 Å². The lowest BCUT2D eigenvalue weighted by atomic mass is 10.0. The number of para-hydroxylation sites is 2. The maximum absolute atomic E-state index is 12.2. The standard InChI is InChI=1S/C16H25N3O2/c1-3-16(2,12-20)18-15(21)17-13-8-4-5-9-14(13)19-10-6-7-11-19/h4-5,8-9,20H,3,6-7,10-12H2,1-2H3,(H2,17,18,21). The van der Waals surface area contributed by atoms with Crippen molar-refractivity contribution in [2.75, 3.05) is 29.9 Å². The minimum absolute atomic E-state index is 0.0787. The van der Waals surface area contributed by atoms with Crippen LogP contribution in [0.3, 0.4) is 0 Å². The summed E-state index contributed by atoms with van der Waals surface area (Å²) in [5.41, 5.74) is 1.28. The van der Waals surface area contributed by atoms with E-state index in [2.05, 4.69) is 15.5 Å². The summed E-state index contributed by atoms with van der Waals surface area (Å²) < 4.78 is 0. The third-order valence-corrected chi connectivity index (χ3v) is 4.14. The molecule has 0 radical (unpaired) electrons. The zero-order valence-electron chi connectivity index (χ0n) is 12.9. The topological polar surface area (TPSA) is 64.6 Å². The number of amides is 2. The Morgan fingerprint density at radius 1 is 1.33 bits per heavy atom. The second-order valence-corrected chi connectivity index (χ2v) is 5.86. The van der Waals surface area contributed by atoms with E-state index in [4.69, 9.17) is 0 Å². The molecule has 1 aliphatic rings. The van der Waals surface area contributed by atoms with Gasteiger partial charge in [0.05, 0.1) is 23.5 Å². The number of hydrogen-bond acceptors (Lipinski definition) is 3. The van der Waals surface area contributed by atoms with Gasteiger partial charge in [0.25, 0.3) is 0 Å². The van der Waals surface area contributed by atoms with Crippen LogP contribution in [0.15, 0.2) is 24.3 Å². The van der Waals surface area contributed by atoms with Gasteiger partial charge in [-0.25, -0.2) is 4.79 Å². The zero-order chi connectivity index (χ0) is 15.3. The average Bonchev–Trinajstić information content (AvgIpc) is 3.01. The highest BCUT2D eigenvalue weighted by molar-refractivity contribution is 5.93. The number of carbonyl (C=O) groups excluding carboxylic acids is 1. The second-order valence-electron chi connectivity index (χ2n) is 5.86. The molecule has 1 unspecified atom stereocenters. The molecule has 5 heteroatoms. The molecule has 0 bridgehead atoms. The lowest BCUT2D eigenvalue weighted by molar-refractivity contribution is 0.172. The van der Waals surface area contributed by atoms with Crippen LogP contribution >= 0.6 is 0 Å². The molecule has 1 saturated heterocycles. The quantitative estimate of drug-likeness (QED) is 0.781. The highest BCUT2D eigenvalue weighted by Gasteiger charge is 2.24. The fraction of sp³-hybridized carbons (Fsp3) is 0.562. The molecule has 1 aliphatic heterocycles. The van der Waals surface area contributed by atoms with Gasteiger partial charge in [0, 0.05) is 13.1 Å². The van der Waals surface area contributed by atoms with Crippen molar-refractivity contribution in [3.63, 3.8) is 0 Å². The largest absolute Gasteiger partial charge is 0.394 e.